The molecule has 0 heterocycles. The van der Waals surface area contributed by atoms with Gasteiger partial charge in [-0.3, -0.25) is 4.79 Å². The van der Waals surface area contributed by atoms with E-state index >= 15 is 0 Å². The van der Waals surface area contributed by atoms with Gasteiger partial charge in [-0.25, -0.2) is 5.21 Å². The number of nitrogens with one attached hydrogen (secondary N) is 1. The Bertz CT molecular complexity index is 336. The van der Waals surface area contributed by atoms with Crippen LogP contribution in [-0.4, -0.2) is 10.3 Å². The molecular formula is C7H7NO4. The Hall–Kier alpha value is -1.43. The maximum absolute atomic E-state index is 10.8. The van der Waals surface area contributed by atoms with Crippen molar-refractivity contribution in [1.29, 1.82) is 0 Å². The number of rotatable bonds is 1. The van der Waals surface area contributed by atoms with E-state index in [9.17, 15) is 10.0 Å². The van der Waals surface area contributed by atoms with E-state index in [2.05, 4.69) is 0 Å². The molecule has 12 heavy (non-hydrogen) atoms. The highest BCUT2D eigenvalue weighted by atomic mass is 16.8. The molecule has 1 unspecified atom stereocenters. The summed E-state index contributed by atoms with van der Waals surface area (Å²) in [6.07, 6.45) is 0. The van der Waals surface area contributed by atoms with Gasteiger partial charge in [0.2, 0.25) is 5.43 Å². The van der Waals surface area contributed by atoms with Crippen molar-refractivity contribution in [3.8, 4) is 5.75 Å². The highest BCUT2D eigenvalue weighted by Gasteiger charge is 1.98. The Morgan fingerprint density at radius 1 is 1.25 bits per heavy atom. The van der Waals surface area contributed by atoms with Crippen LogP contribution in [0.3, 0.4) is 0 Å². The predicted octanol–water partition coefficient (Wildman–Crippen LogP) is -0.844. The number of aromatic hydroxyl groups is 1. The second kappa shape index (κ2) is 3.31. The van der Waals surface area contributed by atoms with E-state index in [1.54, 1.807) is 0 Å². The van der Waals surface area contributed by atoms with Crippen molar-refractivity contribution < 1.29 is 15.5 Å². The minimum absolute atomic E-state index is 0.0348. The minimum atomic E-state index is -1.13. The fourth-order valence-electron chi connectivity index (χ4n) is 0.700. The topological polar surface area (TPSA) is 85.0 Å². The molecule has 0 aliphatic rings. The van der Waals surface area contributed by atoms with Crippen LogP contribution in [-0.2, 0) is 0 Å². The Balaban J connectivity index is 3.26. The van der Waals surface area contributed by atoms with Gasteiger partial charge in [-0.15, -0.1) is 0 Å². The third-order valence-electron chi connectivity index (χ3n) is 1.33. The average molecular weight is 169 g/mol. The van der Waals surface area contributed by atoms with E-state index in [0.29, 0.717) is 0 Å². The largest absolute Gasteiger partial charge is 0.595 e. The molecule has 0 amide bonds. The molecular weight excluding hydrogens is 162 g/mol. The molecule has 0 aliphatic carbocycles. The molecule has 0 aliphatic heterocycles. The zero-order valence-electron chi connectivity index (χ0n) is 6.02. The summed E-state index contributed by atoms with van der Waals surface area (Å²) >= 11 is 0. The van der Waals surface area contributed by atoms with Gasteiger partial charge in [0.1, 0.15) is 0 Å². The van der Waals surface area contributed by atoms with Crippen molar-refractivity contribution in [3.63, 3.8) is 0 Å². The van der Waals surface area contributed by atoms with Gasteiger partial charge in [0.25, 0.3) is 0 Å². The summed E-state index contributed by atoms with van der Waals surface area (Å²) in [5, 5.41) is 26.6. The van der Waals surface area contributed by atoms with Crippen LogP contribution < -0.4 is 10.7 Å². The Kier molecular flexibility index (Phi) is 2.39. The summed E-state index contributed by atoms with van der Waals surface area (Å²) in [5.74, 6) is -0.456. The molecule has 64 valence electrons. The van der Waals surface area contributed by atoms with Crippen LogP contribution in [0.2, 0.25) is 0 Å². The molecule has 1 atom stereocenters. The maximum Gasteiger partial charge on any atom is 0.220 e. The van der Waals surface area contributed by atoms with Gasteiger partial charge in [0.15, 0.2) is 11.4 Å². The van der Waals surface area contributed by atoms with Crippen LogP contribution >= 0.6 is 0 Å². The second-order valence-electron chi connectivity index (χ2n) is 2.18. The van der Waals surface area contributed by atoms with E-state index in [1.165, 1.54) is 6.07 Å². The van der Waals surface area contributed by atoms with Crippen LogP contribution in [0, 0.1) is 5.21 Å². The van der Waals surface area contributed by atoms with Gasteiger partial charge in [-0.05, 0) is 12.1 Å². The van der Waals surface area contributed by atoms with Crippen LogP contribution in [0.5, 0.6) is 5.75 Å². The highest BCUT2D eigenvalue weighted by molar-refractivity contribution is 5.31. The summed E-state index contributed by atoms with van der Waals surface area (Å²) in [6, 6.07) is 4.38. The van der Waals surface area contributed by atoms with Crippen molar-refractivity contribution >= 4 is 5.69 Å². The Labute approximate surface area is 67.7 Å². The molecule has 0 radical (unpaired) electrons. The molecule has 0 saturated carbocycles. The maximum atomic E-state index is 10.8. The number of quaternary nitrogens is 1. The lowest BCUT2D eigenvalue weighted by atomic mass is 10.4. The zero-order chi connectivity index (χ0) is 9.14. The van der Waals surface area contributed by atoms with E-state index in [0.717, 1.165) is 18.2 Å². The molecule has 0 bridgehead atoms. The monoisotopic (exact) mass is 169 g/mol. The van der Waals surface area contributed by atoms with Crippen molar-refractivity contribution in [3.05, 3.63) is 39.7 Å². The van der Waals surface area contributed by atoms with Gasteiger partial charge in [-0.2, -0.15) is 5.23 Å². The third-order valence-corrected chi connectivity index (χ3v) is 1.33. The molecule has 0 saturated heterocycles. The average Bonchev–Trinajstić information content (AvgIpc) is 2.16. The molecule has 1 aromatic carbocycles. The quantitative estimate of drug-likeness (QED) is 0.478. The molecule has 5 nitrogen and oxygen atoms in total. The number of hydrogen-bond acceptors (Lipinski definition) is 4. The normalized spacial score (nSPS) is 12.5. The van der Waals surface area contributed by atoms with Crippen LogP contribution in [0.25, 0.3) is 0 Å². The fourth-order valence-corrected chi connectivity index (χ4v) is 0.700. The zero-order valence-corrected chi connectivity index (χ0v) is 6.02. The Morgan fingerprint density at radius 3 is 2.42 bits per heavy atom. The summed E-state index contributed by atoms with van der Waals surface area (Å²) in [5.41, 5.74) is -0.630. The fraction of sp³-hybridized carbons (Fsp3) is 0. The Morgan fingerprint density at radius 2 is 1.83 bits per heavy atom. The van der Waals surface area contributed by atoms with E-state index in [-0.39, 0.29) is 5.69 Å². The first kappa shape index (κ1) is 8.66. The first-order chi connectivity index (χ1) is 5.61. The van der Waals surface area contributed by atoms with Crippen molar-refractivity contribution in [2.75, 3.05) is 0 Å². The number of hydrogen-bond donors (Lipinski definition) is 3. The summed E-state index contributed by atoms with van der Waals surface area (Å²) < 4.78 is 0. The van der Waals surface area contributed by atoms with E-state index in [1.807, 2.05) is 0 Å². The van der Waals surface area contributed by atoms with Crippen molar-refractivity contribution in [2.45, 2.75) is 0 Å². The van der Waals surface area contributed by atoms with Crippen LogP contribution in [0.4, 0.5) is 5.69 Å². The van der Waals surface area contributed by atoms with Crippen molar-refractivity contribution in [1.82, 2.24) is 0 Å². The van der Waals surface area contributed by atoms with Gasteiger partial charge >= 0.3 is 0 Å². The molecule has 0 aromatic heterocycles. The smallest absolute Gasteiger partial charge is 0.220 e. The molecule has 3 N–H and O–H groups in total. The lowest BCUT2D eigenvalue weighted by molar-refractivity contribution is -0.991. The first-order valence-corrected chi connectivity index (χ1v) is 3.18. The first-order valence-electron chi connectivity index (χ1n) is 3.18. The standard InChI is InChI=1S/C7H7NO4/c9-6-3-1-5(8(11)12)2-4-7(6)10/h1-4,8,11H,(H,9,10). The molecule has 0 spiro atoms. The molecule has 1 aromatic rings. The minimum Gasteiger partial charge on any atom is -0.595 e. The van der Waals surface area contributed by atoms with E-state index in [4.69, 9.17) is 10.3 Å². The summed E-state index contributed by atoms with van der Waals surface area (Å²) in [4.78, 5) is 10.8. The van der Waals surface area contributed by atoms with Gasteiger partial charge in [-0.1, -0.05) is 0 Å². The van der Waals surface area contributed by atoms with Gasteiger partial charge < -0.3 is 10.3 Å². The van der Waals surface area contributed by atoms with Gasteiger partial charge in [0.05, 0.1) is 0 Å². The molecule has 5 heteroatoms. The predicted molar refractivity (Wildman–Crippen MR) is 40.2 cm³/mol. The molecule has 1 rings (SSSR count). The van der Waals surface area contributed by atoms with Crippen molar-refractivity contribution in [2.24, 2.45) is 0 Å². The SMILES string of the molecule is O=c1ccc([NH+]([O-])O)ccc1O. The lowest BCUT2D eigenvalue weighted by Crippen LogP contribution is -2.99. The third kappa shape index (κ3) is 1.79. The molecule has 0 fully saturated rings. The highest BCUT2D eigenvalue weighted by Crippen LogP contribution is 2.01. The van der Waals surface area contributed by atoms with Crippen LogP contribution in [0.1, 0.15) is 0 Å². The van der Waals surface area contributed by atoms with Gasteiger partial charge in [0, 0.05) is 12.1 Å². The van der Waals surface area contributed by atoms with E-state index < -0.39 is 16.4 Å². The van der Waals surface area contributed by atoms with Crippen LogP contribution in [0.15, 0.2) is 29.1 Å². The second-order valence-corrected chi connectivity index (χ2v) is 2.18. The summed E-state index contributed by atoms with van der Waals surface area (Å²) in [6.45, 7) is 0. The lowest BCUT2D eigenvalue weighted by Gasteiger charge is -2.08. The summed E-state index contributed by atoms with van der Waals surface area (Å²) in [7, 11) is 0.